The highest BCUT2D eigenvalue weighted by Gasteiger charge is 2.41. The summed E-state index contributed by atoms with van der Waals surface area (Å²) in [5.74, 6) is 0.888. The van der Waals surface area contributed by atoms with Gasteiger partial charge in [0.15, 0.2) is 28.8 Å². The molecule has 3 aromatic rings. The maximum Gasteiger partial charge on any atom is 0.416 e. The number of allylic oxidation sites excluding steroid dienone is 1. The van der Waals surface area contributed by atoms with Gasteiger partial charge in [0.25, 0.3) is 0 Å². The summed E-state index contributed by atoms with van der Waals surface area (Å²) >= 11 is 0. The Bertz CT molecular complexity index is 1400. The molecule has 1 aliphatic carbocycles. The zero-order valence-corrected chi connectivity index (χ0v) is 22.2. The predicted octanol–water partition coefficient (Wildman–Crippen LogP) is 6.17. The van der Waals surface area contributed by atoms with Gasteiger partial charge in [0.1, 0.15) is 0 Å². The summed E-state index contributed by atoms with van der Waals surface area (Å²) in [4.78, 5) is 13.9. The van der Waals surface area contributed by atoms with Crippen LogP contribution in [0.25, 0.3) is 6.08 Å². The SMILES string of the molecule is COc1cc(C2/C(=C/c3ccc(C(F)(F)F)cc3)C(=O)c3cc(OC)c(OC)c(OC)c32)cc(OC)c1OC. The van der Waals surface area contributed by atoms with E-state index < -0.39 is 17.7 Å². The first-order chi connectivity index (χ1) is 18.6. The molecule has 7 nitrogen and oxygen atoms in total. The van der Waals surface area contributed by atoms with Gasteiger partial charge < -0.3 is 28.4 Å². The summed E-state index contributed by atoms with van der Waals surface area (Å²) in [5, 5.41) is 0. The number of methoxy groups -OCH3 is 6. The van der Waals surface area contributed by atoms with Gasteiger partial charge in [-0.3, -0.25) is 4.79 Å². The Morgan fingerprint density at radius 2 is 1.21 bits per heavy atom. The van der Waals surface area contributed by atoms with Crippen LogP contribution >= 0.6 is 0 Å². The average Bonchev–Trinajstić information content (AvgIpc) is 3.21. The van der Waals surface area contributed by atoms with Crippen molar-refractivity contribution in [1.82, 2.24) is 0 Å². The first-order valence-corrected chi connectivity index (χ1v) is 11.7. The maximum atomic E-state index is 13.9. The zero-order valence-electron chi connectivity index (χ0n) is 22.2. The lowest BCUT2D eigenvalue weighted by Crippen LogP contribution is -2.06. The molecule has 206 valence electrons. The van der Waals surface area contributed by atoms with E-state index >= 15 is 0 Å². The Balaban J connectivity index is 2.03. The number of hydrogen-bond donors (Lipinski definition) is 0. The second-order valence-electron chi connectivity index (χ2n) is 8.55. The van der Waals surface area contributed by atoms with E-state index in [4.69, 9.17) is 28.4 Å². The third-order valence-electron chi connectivity index (χ3n) is 6.56. The van der Waals surface area contributed by atoms with Gasteiger partial charge in [0, 0.05) is 22.6 Å². The van der Waals surface area contributed by atoms with E-state index in [1.165, 1.54) is 54.8 Å². The van der Waals surface area contributed by atoms with E-state index in [9.17, 15) is 18.0 Å². The molecule has 0 heterocycles. The number of ether oxygens (including phenoxy) is 6. The van der Waals surface area contributed by atoms with E-state index in [-0.39, 0.29) is 11.5 Å². The Kier molecular flexibility index (Phi) is 7.67. The lowest BCUT2D eigenvalue weighted by molar-refractivity contribution is -0.137. The number of benzene rings is 3. The standard InChI is InChI=1S/C29H27F3O7/c1-34-20-12-16(13-21(35-2)26(20)37-4)23-18(11-15-7-9-17(10-8-15)29(30,31)32)25(33)19-14-22(36-3)27(38-5)28(39-6)24(19)23/h7-14,23H,1-6H3/b18-11-. The monoisotopic (exact) mass is 544 g/mol. The van der Waals surface area contributed by atoms with Crippen LogP contribution in [-0.2, 0) is 6.18 Å². The summed E-state index contributed by atoms with van der Waals surface area (Å²) < 4.78 is 72.7. The molecule has 0 amide bonds. The lowest BCUT2D eigenvalue weighted by Gasteiger charge is -2.22. The Morgan fingerprint density at radius 1 is 0.692 bits per heavy atom. The average molecular weight is 545 g/mol. The second kappa shape index (κ2) is 10.8. The third-order valence-corrected chi connectivity index (χ3v) is 6.56. The molecule has 0 aromatic heterocycles. The van der Waals surface area contributed by atoms with Gasteiger partial charge in [-0.05, 0) is 47.5 Å². The van der Waals surface area contributed by atoms with Gasteiger partial charge in [-0.15, -0.1) is 0 Å². The molecule has 0 fully saturated rings. The van der Waals surface area contributed by atoms with Gasteiger partial charge in [-0.25, -0.2) is 0 Å². The highest BCUT2D eigenvalue weighted by molar-refractivity contribution is 6.18. The molecule has 39 heavy (non-hydrogen) atoms. The molecule has 3 aromatic carbocycles. The largest absolute Gasteiger partial charge is 0.493 e. The van der Waals surface area contributed by atoms with Crippen LogP contribution < -0.4 is 28.4 Å². The van der Waals surface area contributed by atoms with Crippen LogP contribution in [-0.4, -0.2) is 48.4 Å². The number of hydrogen-bond acceptors (Lipinski definition) is 7. The van der Waals surface area contributed by atoms with Crippen LogP contribution in [0.5, 0.6) is 34.5 Å². The van der Waals surface area contributed by atoms with Crippen molar-refractivity contribution in [3.8, 4) is 34.5 Å². The Hall–Kier alpha value is -4.34. The highest BCUT2D eigenvalue weighted by atomic mass is 19.4. The number of halogens is 3. The molecule has 0 aliphatic heterocycles. The molecule has 1 unspecified atom stereocenters. The summed E-state index contributed by atoms with van der Waals surface area (Å²) in [6, 6.07) is 9.57. The molecular formula is C29H27F3O7. The van der Waals surface area contributed by atoms with Crippen molar-refractivity contribution in [2.24, 2.45) is 0 Å². The van der Waals surface area contributed by atoms with Crippen LogP contribution in [0.1, 0.15) is 38.5 Å². The summed E-state index contributed by atoms with van der Waals surface area (Å²) in [6.07, 6.45) is -2.92. The van der Waals surface area contributed by atoms with Crippen molar-refractivity contribution in [2.75, 3.05) is 42.7 Å². The van der Waals surface area contributed by atoms with Crippen molar-refractivity contribution in [3.05, 3.63) is 75.9 Å². The van der Waals surface area contributed by atoms with E-state index in [1.807, 2.05) is 0 Å². The van der Waals surface area contributed by atoms with Crippen LogP contribution in [0.15, 0.2) is 48.0 Å². The van der Waals surface area contributed by atoms with Gasteiger partial charge in [0.2, 0.25) is 11.5 Å². The fourth-order valence-electron chi connectivity index (χ4n) is 4.81. The first-order valence-electron chi connectivity index (χ1n) is 11.7. The highest BCUT2D eigenvalue weighted by Crippen LogP contribution is 2.55. The molecule has 0 saturated carbocycles. The van der Waals surface area contributed by atoms with E-state index in [2.05, 4.69) is 0 Å². The molecule has 1 aliphatic rings. The van der Waals surface area contributed by atoms with Crippen molar-refractivity contribution < 1.29 is 46.4 Å². The third kappa shape index (κ3) is 4.82. The van der Waals surface area contributed by atoms with Crippen molar-refractivity contribution >= 4 is 11.9 Å². The fraction of sp³-hybridized carbons (Fsp3) is 0.276. The zero-order chi connectivity index (χ0) is 28.5. The summed E-state index contributed by atoms with van der Waals surface area (Å²) in [5.41, 5.74) is 1.33. The molecule has 1 atom stereocenters. The van der Waals surface area contributed by atoms with Gasteiger partial charge in [0.05, 0.1) is 48.2 Å². The van der Waals surface area contributed by atoms with E-state index in [0.717, 1.165) is 12.1 Å². The van der Waals surface area contributed by atoms with Gasteiger partial charge >= 0.3 is 6.18 Å². The number of rotatable bonds is 8. The maximum absolute atomic E-state index is 13.9. The van der Waals surface area contributed by atoms with Crippen LogP contribution in [0.4, 0.5) is 13.2 Å². The number of alkyl halides is 3. The number of Topliss-reactive ketones (excluding diaryl/α,β-unsaturated/α-hetero) is 1. The van der Waals surface area contributed by atoms with Crippen molar-refractivity contribution in [2.45, 2.75) is 12.1 Å². The quantitative estimate of drug-likeness (QED) is 0.314. The van der Waals surface area contributed by atoms with E-state index in [0.29, 0.717) is 56.6 Å². The first kappa shape index (κ1) is 27.7. The number of carbonyl (C=O) groups is 1. The number of carbonyl (C=O) groups excluding carboxylic acids is 1. The predicted molar refractivity (Wildman–Crippen MR) is 138 cm³/mol. The number of fused-ring (bicyclic) bond motifs is 1. The number of ketones is 1. The smallest absolute Gasteiger partial charge is 0.416 e. The van der Waals surface area contributed by atoms with Crippen molar-refractivity contribution in [1.29, 1.82) is 0 Å². The van der Waals surface area contributed by atoms with Gasteiger partial charge in [-0.1, -0.05) is 12.1 Å². The molecule has 0 spiro atoms. The molecule has 4 rings (SSSR count). The van der Waals surface area contributed by atoms with Crippen LogP contribution in [0.2, 0.25) is 0 Å². The minimum Gasteiger partial charge on any atom is -0.493 e. The minimum absolute atomic E-state index is 0.287. The lowest BCUT2D eigenvalue weighted by atomic mass is 9.87. The second-order valence-corrected chi connectivity index (χ2v) is 8.55. The van der Waals surface area contributed by atoms with Crippen LogP contribution in [0, 0.1) is 0 Å². The molecule has 0 N–H and O–H groups in total. The van der Waals surface area contributed by atoms with Crippen LogP contribution in [0.3, 0.4) is 0 Å². The van der Waals surface area contributed by atoms with E-state index in [1.54, 1.807) is 24.3 Å². The molecule has 0 saturated heterocycles. The summed E-state index contributed by atoms with van der Waals surface area (Å²) in [7, 11) is 8.77. The summed E-state index contributed by atoms with van der Waals surface area (Å²) in [6.45, 7) is 0. The Labute approximate surface area is 223 Å². The minimum atomic E-state index is -4.48. The molecule has 10 heteroatoms. The molecular weight excluding hydrogens is 517 g/mol. The molecule has 0 radical (unpaired) electrons. The van der Waals surface area contributed by atoms with Crippen molar-refractivity contribution in [3.63, 3.8) is 0 Å². The Morgan fingerprint density at radius 3 is 1.67 bits per heavy atom. The van der Waals surface area contributed by atoms with Gasteiger partial charge in [-0.2, -0.15) is 13.2 Å². The fourth-order valence-corrected chi connectivity index (χ4v) is 4.81. The molecule has 0 bridgehead atoms. The topological polar surface area (TPSA) is 72.5 Å². The normalized spacial score (nSPS) is 15.7.